The van der Waals surface area contributed by atoms with Gasteiger partial charge in [-0.3, -0.25) is 5.10 Å². The smallest absolute Gasteiger partial charge is 0.328 e. The Bertz CT molecular complexity index is 1220. The molecule has 0 aliphatic carbocycles. The number of methoxy groups -OCH3 is 1. The van der Waals surface area contributed by atoms with Gasteiger partial charge in [-0.2, -0.15) is 20.1 Å². The molecule has 174 valence electrons. The molecule has 3 heterocycles. The fourth-order valence-corrected chi connectivity index (χ4v) is 3.61. The maximum atomic E-state index is 5.93. The van der Waals surface area contributed by atoms with Crippen molar-refractivity contribution in [1.29, 1.82) is 0 Å². The molecule has 10 nitrogen and oxygen atoms in total. The van der Waals surface area contributed by atoms with E-state index in [1.54, 1.807) is 7.11 Å². The third-order valence-corrected chi connectivity index (χ3v) is 5.56. The normalized spacial score (nSPS) is 14.1. The summed E-state index contributed by atoms with van der Waals surface area (Å²) in [5.41, 5.74) is 1.85. The summed E-state index contributed by atoms with van der Waals surface area (Å²) in [5.74, 6) is 2.98. The van der Waals surface area contributed by atoms with Gasteiger partial charge in [0.15, 0.2) is 5.82 Å². The van der Waals surface area contributed by atoms with E-state index in [1.165, 1.54) is 0 Å². The predicted octanol–water partition coefficient (Wildman–Crippen LogP) is 3.56. The number of hydrogen-bond acceptors (Lipinski definition) is 9. The monoisotopic (exact) mass is 458 g/mol. The summed E-state index contributed by atoms with van der Waals surface area (Å²) in [4.78, 5) is 18.1. The van der Waals surface area contributed by atoms with Crippen LogP contribution in [0.25, 0.3) is 11.3 Å². The highest BCUT2D eigenvalue weighted by molar-refractivity contribution is 5.65. The van der Waals surface area contributed by atoms with E-state index in [1.807, 2.05) is 60.7 Å². The molecule has 1 aliphatic rings. The van der Waals surface area contributed by atoms with E-state index >= 15 is 0 Å². The van der Waals surface area contributed by atoms with Crippen LogP contribution in [0, 0.1) is 0 Å². The molecule has 0 spiro atoms. The second-order valence-electron chi connectivity index (χ2n) is 7.97. The molecule has 0 unspecified atom stereocenters. The number of rotatable bonds is 7. The molecule has 0 atom stereocenters. The van der Waals surface area contributed by atoms with Gasteiger partial charge in [0, 0.05) is 32.2 Å². The minimum Gasteiger partial charge on any atom is -0.497 e. The first kappa shape index (κ1) is 21.7. The Morgan fingerprint density at radius 1 is 0.882 bits per heavy atom. The molecule has 4 aromatic rings. The van der Waals surface area contributed by atoms with E-state index in [9.17, 15) is 0 Å². The van der Waals surface area contributed by atoms with E-state index in [2.05, 4.69) is 47.3 Å². The molecule has 0 saturated carbocycles. The SMILES string of the molecule is COc1ccc(-c2cc(Nc3nc(Oc4ccccc4)nc(N4CCN(C)CC4)n3)n[nH]2)cc1. The predicted molar refractivity (Wildman–Crippen MR) is 130 cm³/mol. The van der Waals surface area contributed by atoms with Crippen molar-refractivity contribution in [2.24, 2.45) is 0 Å². The lowest BCUT2D eigenvalue weighted by Crippen LogP contribution is -2.45. The number of para-hydroxylation sites is 1. The summed E-state index contributed by atoms with van der Waals surface area (Å²) in [7, 11) is 3.76. The Labute approximate surface area is 197 Å². The highest BCUT2D eigenvalue weighted by Crippen LogP contribution is 2.26. The van der Waals surface area contributed by atoms with Crippen LogP contribution in [0.3, 0.4) is 0 Å². The zero-order valence-electron chi connectivity index (χ0n) is 19.1. The van der Waals surface area contributed by atoms with E-state index < -0.39 is 0 Å². The first-order valence-electron chi connectivity index (χ1n) is 11.1. The Kier molecular flexibility index (Phi) is 6.21. The molecule has 5 rings (SSSR count). The maximum absolute atomic E-state index is 5.93. The summed E-state index contributed by atoms with van der Waals surface area (Å²) in [6.45, 7) is 3.53. The molecule has 1 aliphatic heterocycles. The van der Waals surface area contributed by atoms with Crippen molar-refractivity contribution in [3.63, 3.8) is 0 Å². The third kappa shape index (κ3) is 5.07. The summed E-state index contributed by atoms with van der Waals surface area (Å²) >= 11 is 0. The fourth-order valence-electron chi connectivity index (χ4n) is 3.61. The van der Waals surface area contributed by atoms with Crippen molar-refractivity contribution in [3.05, 3.63) is 60.7 Å². The first-order chi connectivity index (χ1) is 16.7. The molecule has 2 N–H and O–H groups in total. The molecule has 2 aromatic carbocycles. The molecular formula is C24H26N8O2. The number of ether oxygens (including phenoxy) is 2. The van der Waals surface area contributed by atoms with Crippen molar-refractivity contribution in [2.45, 2.75) is 0 Å². The van der Waals surface area contributed by atoms with Gasteiger partial charge in [-0.25, -0.2) is 0 Å². The summed E-state index contributed by atoms with van der Waals surface area (Å²) < 4.78 is 11.2. The van der Waals surface area contributed by atoms with Gasteiger partial charge in [-0.15, -0.1) is 0 Å². The summed E-state index contributed by atoms with van der Waals surface area (Å²) in [6, 6.07) is 19.3. The topological polar surface area (TPSA) is 104 Å². The second kappa shape index (κ2) is 9.75. The third-order valence-electron chi connectivity index (χ3n) is 5.56. The van der Waals surface area contributed by atoms with Gasteiger partial charge in [0.05, 0.1) is 12.8 Å². The van der Waals surface area contributed by atoms with Crippen LogP contribution in [-0.4, -0.2) is 70.4 Å². The van der Waals surface area contributed by atoms with Gasteiger partial charge in [0.2, 0.25) is 11.9 Å². The van der Waals surface area contributed by atoms with Crippen LogP contribution < -0.4 is 19.7 Å². The zero-order chi connectivity index (χ0) is 23.3. The lowest BCUT2D eigenvalue weighted by atomic mass is 10.1. The van der Waals surface area contributed by atoms with E-state index in [4.69, 9.17) is 9.47 Å². The van der Waals surface area contributed by atoms with Crippen molar-refractivity contribution in [2.75, 3.05) is 50.6 Å². The molecule has 1 saturated heterocycles. The summed E-state index contributed by atoms with van der Waals surface area (Å²) in [6.07, 6.45) is 0. The Balaban J connectivity index is 1.40. The van der Waals surface area contributed by atoms with Gasteiger partial charge in [0.1, 0.15) is 11.5 Å². The number of benzene rings is 2. The number of likely N-dealkylation sites (N-methyl/N-ethyl adjacent to an activating group) is 1. The average molecular weight is 459 g/mol. The number of aromatic nitrogens is 5. The van der Waals surface area contributed by atoms with E-state index in [0.717, 1.165) is 43.2 Å². The van der Waals surface area contributed by atoms with Crippen LogP contribution in [0.2, 0.25) is 0 Å². The van der Waals surface area contributed by atoms with Crippen LogP contribution >= 0.6 is 0 Å². The number of piperazine rings is 1. The highest BCUT2D eigenvalue weighted by atomic mass is 16.5. The lowest BCUT2D eigenvalue weighted by Gasteiger charge is -2.32. The molecule has 2 aromatic heterocycles. The highest BCUT2D eigenvalue weighted by Gasteiger charge is 2.20. The number of hydrogen-bond donors (Lipinski definition) is 2. The largest absolute Gasteiger partial charge is 0.497 e. The number of nitrogens with zero attached hydrogens (tertiary/aromatic N) is 6. The quantitative estimate of drug-likeness (QED) is 0.430. The van der Waals surface area contributed by atoms with Crippen LogP contribution in [-0.2, 0) is 0 Å². The lowest BCUT2D eigenvalue weighted by molar-refractivity contribution is 0.310. The molecule has 1 fully saturated rings. The van der Waals surface area contributed by atoms with Crippen molar-refractivity contribution in [3.8, 4) is 28.8 Å². The standard InChI is InChI=1S/C24H26N8O2/c1-31-12-14-32(15-13-31)23-26-22(27-24(28-23)34-19-6-4-3-5-7-19)25-21-16-20(29-30-21)17-8-10-18(33-2)11-9-17/h3-11,16H,12-15H2,1-2H3,(H2,25,26,27,28,29,30). The average Bonchev–Trinajstić information content (AvgIpc) is 3.33. The summed E-state index contributed by atoms with van der Waals surface area (Å²) in [5, 5.41) is 10.6. The van der Waals surface area contributed by atoms with Crippen molar-refractivity contribution < 1.29 is 9.47 Å². The van der Waals surface area contributed by atoms with Crippen LogP contribution in [0.1, 0.15) is 0 Å². The van der Waals surface area contributed by atoms with Gasteiger partial charge in [0.25, 0.3) is 0 Å². The number of H-pyrrole nitrogens is 1. The minimum absolute atomic E-state index is 0.226. The molecule has 0 bridgehead atoms. The number of nitrogens with one attached hydrogen (secondary N) is 2. The van der Waals surface area contributed by atoms with Crippen LogP contribution in [0.15, 0.2) is 60.7 Å². The Morgan fingerprint density at radius 2 is 1.65 bits per heavy atom. The van der Waals surface area contributed by atoms with E-state index in [0.29, 0.717) is 23.5 Å². The van der Waals surface area contributed by atoms with Gasteiger partial charge >= 0.3 is 6.01 Å². The maximum Gasteiger partial charge on any atom is 0.328 e. The van der Waals surface area contributed by atoms with Gasteiger partial charge in [-0.1, -0.05) is 18.2 Å². The molecule has 34 heavy (non-hydrogen) atoms. The first-order valence-corrected chi connectivity index (χ1v) is 11.1. The van der Waals surface area contributed by atoms with Crippen LogP contribution in [0.5, 0.6) is 17.5 Å². The van der Waals surface area contributed by atoms with E-state index in [-0.39, 0.29) is 6.01 Å². The number of anilines is 3. The van der Waals surface area contributed by atoms with Crippen LogP contribution in [0.4, 0.5) is 17.7 Å². The van der Waals surface area contributed by atoms with Crippen molar-refractivity contribution in [1.82, 2.24) is 30.0 Å². The Hall–Kier alpha value is -4.18. The van der Waals surface area contributed by atoms with Crippen molar-refractivity contribution >= 4 is 17.7 Å². The molecular weight excluding hydrogens is 432 g/mol. The van der Waals surface area contributed by atoms with Gasteiger partial charge in [-0.05, 0) is 49.0 Å². The second-order valence-corrected chi connectivity index (χ2v) is 7.97. The minimum atomic E-state index is 0.226. The molecule has 0 amide bonds. The van der Waals surface area contributed by atoms with Gasteiger partial charge < -0.3 is 24.6 Å². The molecule has 10 heteroatoms. The zero-order valence-corrected chi connectivity index (χ0v) is 19.1. The fraction of sp³-hybridized carbons (Fsp3) is 0.250. The molecule has 0 radical (unpaired) electrons. The number of aromatic amines is 1. The Morgan fingerprint density at radius 3 is 2.38 bits per heavy atom.